The summed E-state index contributed by atoms with van der Waals surface area (Å²) in [6.45, 7) is 1.90. The summed E-state index contributed by atoms with van der Waals surface area (Å²) in [5.74, 6) is -2.42. The zero-order valence-electron chi connectivity index (χ0n) is 15.7. The second kappa shape index (κ2) is 8.52. The van der Waals surface area contributed by atoms with Crippen LogP contribution in [0.3, 0.4) is 0 Å². The summed E-state index contributed by atoms with van der Waals surface area (Å²) in [7, 11) is 1.22. The molecule has 7 heteroatoms. The molecule has 29 heavy (non-hydrogen) atoms. The van der Waals surface area contributed by atoms with E-state index in [1.807, 2.05) is 6.92 Å². The molecule has 3 aromatic carbocycles. The Balaban J connectivity index is 1.81. The quantitative estimate of drug-likeness (QED) is 0.477. The zero-order chi connectivity index (χ0) is 21.0. The van der Waals surface area contributed by atoms with E-state index < -0.39 is 29.3 Å². The average molecular weight is 397 g/mol. The van der Waals surface area contributed by atoms with Gasteiger partial charge >= 0.3 is 6.16 Å². The number of hydrogen-bond donors (Lipinski definition) is 1. The lowest BCUT2D eigenvalue weighted by molar-refractivity contribution is 0.101. The Kier molecular flexibility index (Phi) is 5.87. The molecule has 0 aromatic heterocycles. The van der Waals surface area contributed by atoms with Crippen molar-refractivity contribution >= 4 is 17.7 Å². The van der Waals surface area contributed by atoms with E-state index in [1.54, 1.807) is 42.5 Å². The molecular weight excluding hydrogens is 380 g/mol. The third-order valence-electron chi connectivity index (χ3n) is 4.22. The van der Waals surface area contributed by atoms with Crippen LogP contribution >= 0.6 is 0 Å². The van der Waals surface area contributed by atoms with Gasteiger partial charge < -0.3 is 14.8 Å². The van der Waals surface area contributed by atoms with E-state index in [0.29, 0.717) is 11.4 Å². The average Bonchev–Trinajstić information content (AvgIpc) is 2.70. The number of benzene rings is 3. The van der Waals surface area contributed by atoms with Crippen LogP contribution in [0.2, 0.25) is 0 Å². The lowest BCUT2D eigenvalue weighted by Crippen LogP contribution is -2.15. The predicted molar refractivity (Wildman–Crippen MR) is 104 cm³/mol. The van der Waals surface area contributed by atoms with Gasteiger partial charge in [-0.2, -0.15) is 0 Å². The molecule has 0 saturated heterocycles. The van der Waals surface area contributed by atoms with E-state index in [1.165, 1.54) is 13.2 Å². The maximum atomic E-state index is 13.7. The lowest BCUT2D eigenvalue weighted by atomic mass is 10.00. The zero-order valence-corrected chi connectivity index (χ0v) is 15.7. The third kappa shape index (κ3) is 4.57. The number of hydrogen-bond acceptors (Lipinski definition) is 4. The smallest absolute Gasteiger partial charge is 0.437 e. The van der Waals surface area contributed by atoms with Gasteiger partial charge in [-0.3, -0.25) is 4.79 Å². The number of methoxy groups -OCH3 is 1. The van der Waals surface area contributed by atoms with Gasteiger partial charge in [0.25, 0.3) is 5.91 Å². The summed E-state index contributed by atoms with van der Waals surface area (Å²) < 4.78 is 37.0. The number of halogens is 2. The summed E-state index contributed by atoms with van der Waals surface area (Å²) in [5.41, 5.74) is 2.28. The minimum absolute atomic E-state index is 0.324. The molecule has 5 nitrogen and oxygen atoms in total. The maximum Gasteiger partial charge on any atom is 0.513 e. The molecule has 0 aliphatic heterocycles. The molecule has 148 valence electrons. The Hall–Kier alpha value is -3.74. The molecule has 3 rings (SSSR count). The van der Waals surface area contributed by atoms with Gasteiger partial charge in [-0.15, -0.1) is 0 Å². The molecular formula is C22H17F2NO4. The monoisotopic (exact) mass is 397 g/mol. The van der Waals surface area contributed by atoms with Crippen LogP contribution in [0.15, 0.2) is 60.7 Å². The van der Waals surface area contributed by atoms with Crippen LogP contribution in [0.4, 0.5) is 19.3 Å². The lowest BCUT2D eigenvalue weighted by Gasteiger charge is -2.11. The van der Waals surface area contributed by atoms with Gasteiger partial charge in [0.05, 0.1) is 7.11 Å². The fourth-order valence-corrected chi connectivity index (χ4v) is 2.75. The first-order valence-electron chi connectivity index (χ1n) is 8.61. The van der Waals surface area contributed by atoms with Crippen molar-refractivity contribution in [1.82, 2.24) is 0 Å². The van der Waals surface area contributed by atoms with Crippen molar-refractivity contribution in [3.05, 3.63) is 83.4 Å². The van der Waals surface area contributed by atoms with Crippen molar-refractivity contribution < 1.29 is 27.8 Å². The van der Waals surface area contributed by atoms with Gasteiger partial charge in [0.2, 0.25) is 0 Å². The molecule has 0 aliphatic rings. The van der Waals surface area contributed by atoms with Crippen LogP contribution in [0, 0.1) is 18.6 Å². The minimum atomic E-state index is -0.933. The van der Waals surface area contributed by atoms with Gasteiger partial charge in [-0.25, -0.2) is 13.6 Å². The molecule has 0 unspecified atom stereocenters. The third-order valence-corrected chi connectivity index (χ3v) is 4.22. The molecule has 0 heterocycles. The van der Waals surface area contributed by atoms with Gasteiger partial charge in [-0.1, -0.05) is 24.3 Å². The van der Waals surface area contributed by atoms with Gasteiger partial charge in [0.1, 0.15) is 22.9 Å². The fourth-order valence-electron chi connectivity index (χ4n) is 2.75. The molecule has 0 radical (unpaired) electrons. The summed E-state index contributed by atoms with van der Waals surface area (Å²) in [5, 5.41) is 2.47. The van der Waals surface area contributed by atoms with Crippen molar-refractivity contribution in [2.24, 2.45) is 0 Å². The van der Waals surface area contributed by atoms with Crippen LogP contribution in [-0.2, 0) is 4.74 Å². The second-order valence-corrected chi connectivity index (χ2v) is 6.16. The molecule has 1 amide bonds. The Morgan fingerprint density at radius 1 is 0.931 bits per heavy atom. The van der Waals surface area contributed by atoms with Crippen molar-refractivity contribution in [3.8, 4) is 16.9 Å². The Labute approximate surface area is 165 Å². The number of carbonyl (C=O) groups excluding carboxylic acids is 2. The molecule has 0 fully saturated rings. The van der Waals surface area contributed by atoms with Gasteiger partial charge in [-0.05, 0) is 60.0 Å². The summed E-state index contributed by atoms with van der Waals surface area (Å²) in [6.07, 6.45) is -0.821. The summed E-state index contributed by atoms with van der Waals surface area (Å²) in [4.78, 5) is 23.5. The number of amides is 1. The van der Waals surface area contributed by atoms with Crippen molar-refractivity contribution in [3.63, 3.8) is 0 Å². The number of ether oxygens (including phenoxy) is 2. The highest BCUT2D eigenvalue weighted by atomic mass is 19.1. The first kappa shape index (κ1) is 20.0. The number of nitrogens with one attached hydrogen (secondary N) is 1. The number of aryl methyl sites for hydroxylation is 1. The van der Waals surface area contributed by atoms with Crippen LogP contribution in [0.1, 0.15) is 15.9 Å². The number of carbonyl (C=O) groups is 2. The number of rotatable bonds is 4. The highest BCUT2D eigenvalue weighted by molar-refractivity contribution is 6.04. The SMILES string of the molecule is COC(=O)Oc1ccc(C)c(-c2ccc(NC(=O)c3c(F)cccc3F)cc2)c1. The van der Waals surface area contributed by atoms with Crippen molar-refractivity contribution in [2.75, 3.05) is 12.4 Å². The standard InChI is InChI=1S/C22H17F2NO4/c1-13-6-11-16(29-22(27)28-2)12-17(13)14-7-9-15(10-8-14)25-21(26)20-18(23)4-3-5-19(20)24/h3-12H,1-2H3,(H,25,26). The molecule has 0 atom stereocenters. The van der Waals surface area contributed by atoms with Gasteiger partial charge in [0.15, 0.2) is 0 Å². The summed E-state index contributed by atoms with van der Waals surface area (Å²) >= 11 is 0. The molecule has 3 aromatic rings. The largest absolute Gasteiger partial charge is 0.513 e. The van der Waals surface area contributed by atoms with E-state index in [-0.39, 0.29) is 0 Å². The second-order valence-electron chi connectivity index (χ2n) is 6.16. The van der Waals surface area contributed by atoms with Crippen LogP contribution in [0.25, 0.3) is 11.1 Å². The Bertz CT molecular complexity index is 1040. The molecule has 0 spiro atoms. The highest BCUT2D eigenvalue weighted by Gasteiger charge is 2.17. The van der Waals surface area contributed by atoms with Crippen molar-refractivity contribution in [1.29, 1.82) is 0 Å². The molecule has 1 N–H and O–H groups in total. The van der Waals surface area contributed by atoms with Crippen LogP contribution < -0.4 is 10.1 Å². The topological polar surface area (TPSA) is 64.6 Å². The van der Waals surface area contributed by atoms with E-state index >= 15 is 0 Å². The molecule has 0 bridgehead atoms. The normalized spacial score (nSPS) is 10.3. The molecule has 0 aliphatic carbocycles. The van der Waals surface area contributed by atoms with E-state index in [9.17, 15) is 18.4 Å². The molecule has 0 saturated carbocycles. The van der Waals surface area contributed by atoms with E-state index in [2.05, 4.69) is 10.1 Å². The van der Waals surface area contributed by atoms with E-state index in [4.69, 9.17) is 4.74 Å². The van der Waals surface area contributed by atoms with E-state index in [0.717, 1.165) is 28.8 Å². The first-order valence-corrected chi connectivity index (χ1v) is 8.61. The minimum Gasteiger partial charge on any atom is -0.437 e. The van der Waals surface area contributed by atoms with Gasteiger partial charge in [0, 0.05) is 5.69 Å². The van der Waals surface area contributed by atoms with Crippen LogP contribution in [0.5, 0.6) is 5.75 Å². The predicted octanol–water partition coefficient (Wildman–Crippen LogP) is 5.34. The fraction of sp³-hybridized carbons (Fsp3) is 0.0909. The van der Waals surface area contributed by atoms with Crippen LogP contribution in [-0.4, -0.2) is 19.2 Å². The number of anilines is 1. The highest BCUT2D eigenvalue weighted by Crippen LogP contribution is 2.29. The summed E-state index contributed by atoms with van der Waals surface area (Å²) in [6, 6.07) is 15.1. The van der Waals surface area contributed by atoms with Crippen molar-refractivity contribution in [2.45, 2.75) is 6.92 Å². The Morgan fingerprint density at radius 3 is 2.21 bits per heavy atom. The Morgan fingerprint density at radius 2 is 1.59 bits per heavy atom. The maximum absolute atomic E-state index is 13.7. The first-order chi connectivity index (χ1) is 13.9.